The van der Waals surface area contributed by atoms with Crippen molar-refractivity contribution >= 4 is 23.6 Å². The Morgan fingerprint density at radius 2 is 1.43 bits per heavy atom. The van der Waals surface area contributed by atoms with Crippen molar-refractivity contribution in [3.8, 4) is 0 Å². The zero-order valence-corrected chi connectivity index (χ0v) is 19.0. The molecule has 5 heteroatoms. The van der Waals surface area contributed by atoms with Gasteiger partial charge in [-0.3, -0.25) is 4.79 Å². The number of carbonyl (C=O) groups is 2. The highest BCUT2D eigenvalue weighted by Gasteiger charge is 2.18. The number of carbonyl (C=O) groups excluding carboxylic acids is 1. The normalized spacial score (nSPS) is 12.4. The summed E-state index contributed by atoms with van der Waals surface area (Å²) in [4.78, 5) is 23.0. The molecule has 0 heterocycles. The Balaban J connectivity index is 3.47. The smallest absolute Gasteiger partial charge is 0.326 e. The van der Waals surface area contributed by atoms with Gasteiger partial charge in [0.1, 0.15) is 6.04 Å². The van der Waals surface area contributed by atoms with E-state index in [9.17, 15) is 9.59 Å². The number of thioether (sulfide) groups is 1. The fourth-order valence-corrected chi connectivity index (χ4v) is 3.59. The topological polar surface area (TPSA) is 66.4 Å². The van der Waals surface area contributed by atoms with Gasteiger partial charge in [0.05, 0.1) is 0 Å². The van der Waals surface area contributed by atoms with Gasteiger partial charge in [-0.1, -0.05) is 70.4 Å². The van der Waals surface area contributed by atoms with E-state index in [-0.39, 0.29) is 5.91 Å². The van der Waals surface area contributed by atoms with E-state index in [0.717, 1.165) is 31.4 Å². The summed E-state index contributed by atoms with van der Waals surface area (Å²) in [6.45, 7) is 2.25. The van der Waals surface area contributed by atoms with Crippen LogP contribution in [0.5, 0.6) is 0 Å². The second-order valence-corrected chi connectivity index (χ2v) is 8.56. The zero-order chi connectivity index (χ0) is 20.9. The first-order valence-corrected chi connectivity index (χ1v) is 12.7. The van der Waals surface area contributed by atoms with Crippen LogP contribution in [-0.2, 0) is 9.59 Å². The van der Waals surface area contributed by atoms with Crippen molar-refractivity contribution in [3.05, 3.63) is 12.2 Å². The van der Waals surface area contributed by atoms with Crippen LogP contribution >= 0.6 is 11.8 Å². The van der Waals surface area contributed by atoms with Gasteiger partial charge in [0.25, 0.3) is 0 Å². The molecule has 164 valence electrons. The van der Waals surface area contributed by atoms with Crippen LogP contribution in [0.15, 0.2) is 12.2 Å². The lowest BCUT2D eigenvalue weighted by molar-refractivity contribution is -0.141. The van der Waals surface area contributed by atoms with E-state index >= 15 is 0 Å². The number of hydrogen-bond donors (Lipinski definition) is 2. The fraction of sp³-hybridized carbons (Fsp3) is 0.826. The number of hydrogen-bond acceptors (Lipinski definition) is 3. The molecule has 28 heavy (non-hydrogen) atoms. The van der Waals surface area contributed by atoms with Gasteiger partial charge in [0.2, 0.25) is 5.91 Å². The molecule has 0 saturated heterocycles. The third-order valence-electron chi connectivity index (χ3n) is 4.91. The second kappa shape index (κ2) is 20.8. The van der Waals surface area contributed by atoms with Crippen molar-refractivity contribution < 1.29 is 14.7 Å². The lowest BCUT2D eigenvalue weighted by Crippen LogP contribution is -2.41. The number of aliphatic carboxylic acids is 1. The maximum absolute atomic E-state index is 11.9. The number of allylic oxidation sites excluding steroid dienone is 2. The Labute approximate surface area is 177 Å². The van der Waals surface area contributed by atoms with Crippen molar-refractivity contribution in [2.45, 2.75) is 109 Å². The molecular formula is C23H43NO3S. The second-order valence-electron chi connectivity index (χ2n) is 7.57. The van der Waals surface area contributed by atoms with Crippen LogP contribution in [0.3, 0.4) is 0 Å². The van der Waals surface area contributed by atoms with Crippen LogP contribution in [-0.4, -0.2) is 35.0 Å². The molecule has 1 unspecified atom stereocenters. The van der Waals surface area contributed by atoms with Crippen LogP contribution in [0.25, 0.3) is 0 Å². The minimum atomic E-state index is -0.938. The van der Waals surface area contributed by atoms with Gasteiger partial charge in [-0.15, -0.1) is 0 Å². The largest absolute Gasteiger partial charge is 0.480 e. The van der Waals surface area contributed by atoms with Gasteiger partial charge in [0.15, 0.2) is 0 Å². The lowest BCUT2D eigenvalue weighted by atomic mass is 10.1. The number of nitrogens with one attached hydrogen (secondary N) is 1. The van der Waals surface area contributed by atoms with Crippen LogP contribution < -0.4 is 5.32 Å². The standard InChI is InChI=1S/C23H43NO3S/c1-3-4-5-6-7-8-9-10-11-12-13-14-15-16-17-18-22(25)24-21(23(26)27)19-20-28-2/h10-11,21H,3-9,12-20H2,1-2H3,(H,24,25)(H,26,27)/b11-10-. The summed E-state index contributed by atoms with van der Waals surface area (Å²) in [5.41, 5.74) is 0. The molecule has 1 amide bonds. The molecule has 0 aliphatic rings. The van der Waals surface area contributed by atoms with Crippen LogP contribution in [0.2, 0.25) is 0 Å². The van der Waals surface area contributed by atoms with E-state index in [4.69, 9.17) is 5.11 Å². The predicted molar refractivity (Wildman–Crippen MR) is 122 cm³/mol. The van der Waals surface area contributed by atoms with Gasteiger partial charge in [0, 0.05) is 6.42 Å². The number of amides is 1. The molecule has 0 aromatic carbocycles. The quantitative estimate of drug-likeness (QED) is 0.180. The molecule has 0 radical (unpaired) electrons. The summed E-state index contributed by atoms with van der Waals surface area (Å²) in [6.07, 6.45) is 23.5. The van der Waals surface area contributed by atoms with Crippen molar-refractivity contribution in [1.29, 1.82) is 0 Å². The van der Waals surface area contributed by atoms with E-state index in [1.54, 1.807) is 11.8 Å². The van der Waals surface area contributed by atoms with Crippen molar-refractivity contribution in [3.63, 3.8) is 0 Å². The minimum Gasteiger partial charge on any atom is -0.480 e. The van der Waals surface area contributed by atoms with Crippen molar-refractivity contribution in [2.24, 2.45) is 0 Å². The zero-order valence-electron chi connectivity index (χ0n) is 18.2. The average molecular weight is 414 g/mol. The lowest BCUT2D eigenvalue weighted by Gasteiger charge is -2.13. The predicted octanol–water partition coefficient (Wildman–Crippen LogP) is 6.35. The molecule has 0 fully saturated rings. The summed E-state index contributed by atoms with van der Waals surface area (Å²) >= 11 is 1.59. The van der Waals surface area contributed by atoms with Crippen LogP contribution in [0.4, 0.5) is 0 Å². The summed E-state index contributed by atoms with van der Waals surface area (Å²) in [6, 6.07) is -0.747. The van der Waals surface area contributed by atoms with Crippen molar-refractivity contribution in [1.82, 2.24) is 5.32 Å². The summed E-state index contributed by atoms with van der Waals surface area (Å²) in [7, 11) is 0. The number of carboxylic acid groups (broad SMARTS) is 1. The van der Waals surface area contributed by atoms with E-state index in [2.05, 4.69) is 24.4 Å². The summed E-state index contributed by atoms with van der Waals surface area (Å²) < 4.78 is 0. The maximum atomic E-state index is 11.9. The maximum Gasteiger partial charge on any atom is 0.326 e. The van der Waals surface area contributed by atoms with Gasteiger partial charge in [-0.05, 0) is 50.5 Å². The molecule has 1 atom stereocenters. The van der Waals surface area contributed by atoms with Gasteiger partial charge in [-0.25, -0.2) is 4.79 Å². The van der Waals surface area contributed by atoms with Gasteiger partial charge < -0.3 is 10.4 Å². The Bertz CT molecular complexity index is 413. The number of unbranched alkanes of at least 4 members (excludes halogenated alkanes) is 11. The molecule has 0 spiro atoms. The molecule has 0 rings (SSSR count). The summed E-state index contributed by atoms with van der Waals surface area (Å²) in [5.74, 6) is -0.330. The highest BCUT2D eigenvalue weighted by molar-refractivity contribution is 7.98. The summed E-state index contributed by atoms with van der Waals surface area (Å²) in [5, 5.41) is 11.8. The Kier molecular flexibility index (Phi) is 20.0. The minimum absolute atomic E-state index is 0.133. The number of rotatable bonds is 20. The van der Waals surface area contributed by atoms with Crippen LogP contribution in [0.1, 0.15) is 103 Å². The Morgan fingerprint density at radius 3 is 1.96 bits per heavy atom. The molecular weight excluding hydrogens is 370 g/mol. The molecule has 0 saturated carbocycles. The van der Waals surface area contributed by atoms with E-state index in [1.165, 1.54) is 57.8 Å². The fourth-order valence-electron chi connectivity index (χ4n) is 3.12. The first-order chi connectivity index (χ1) is 13.6. The first kappa shape index (κ1) is 27.0. The molecule has 2 N–H and O–H groups in total. The first-order valence-electron chi connectivity index (χ1n) is 11.3. The average Bonchev–Trinajstić information content (AvgIpc) is 2.67. The number of carboxylic acids is 1. The third-order valence-corrected chi connectivity index (χ3v) is 5.55. The SMILES string of the molecule is CCCCCCCC/C=C\CCCCCCCC(=O)NC(CCSC)C(=O)O. The van der Waals surface area contributed by atoms with Crippen LogP contribution in [0, 0.1) is 0 Å². The molecule has 0 aromatic rings. The van der Waals surface area contributed by atoms with Gasteiger partial charge in [-0.2, -0.15) is 11.8 Å². The highest BCUT2D eigenvalue weighted by Crippen LogP contribution is 2.10. The van der Waals surface area contributed by atoms with E-state index < -0.39 is 12.0 Å². The molecule has 0 aromatic heterocycles. The molecule has 0 bridgehead atoms. The molecule has 0 aliphatic carbocycles. The Morgan fingerprint density at radius 1 is 0.893 bits per heavy atom. The van der Waals surface area contributed by atoms with Crippen molar-refractivity contribution in [2.75, 3.05) is 12.0 Å². The van der Waals surface area contributed by atoms with Gasteiger partial charge >= 0.3 is 5.97 Å². The molecule has 0 aliphatic heterocycles. The third kappa shape index (κ3) is 18.4. The highest BCUT2D eigenvalue weighted by atomic mass is 32.2. The monoisotopic (exact) mass is 413 g/mol. The van der Waals surface area contributed by atoms with E-state index in [1.807, 2.05) is 6.26 Å². The Hall–Kier alpha value is -0.970. The molecule has 4 nitrogen and oxygen atoms in total. The van der Waals surface area contributed by atoms with E-state index in [0.29, 0.717) is 12.8 Å².